The number of fused-ring (bicyclic) bond motifs is 1. The van der Waals surface area contributed by atoms with Crippen molar-refractivity contribution in [3.8, 4) is 0 Å². The van der Waals surface area contributed by atoms with Gasteiger partial charge in [0.1, 0.15) is 0 Å². The number of benzene rings is 1. The van der Waals surface area contributed by atoms with Crippen molar-refractivity contribution in [1.82, 2.24) is 9.88 Å². The number of aliphatic hydroxyl groups excluding tert-OH is 1. The van der Waals surface area contributed by atoms with Crippen molar-refractivity contribution in [2.24, 2.45) is 0 Å². The third-order valence-electron chi connectivity index (χ3n) is 4.30. The van der Waals surface area contributed by atoms with Crippen LogP contribution in [0.2, 0.25) is 5.02 Å². The molecule has 3 rings (SSSR count). The standard InChI is InChI=1S/C16H21ClN2O/c1-11-14-9-12(17)4-5-15(14)18-16(11)10-19-7-2-3-13(20)6-8-19/h4-5,9,13,18,20H,2-3,6-8,10H2,1H3. The molecule has 1 fully saturated rings. The molecule has 0 spiro atoms. The zero-order valence-electron chi connectivity index (χ0n) is 11.8. The van der Waals surface area contributed by atoms with Gasteiger partial charge in [0.2, 0.25) is 0 Å². The second kappa shape index (κ2) is 5.76. The van der Waals surface area contributed by atoms with Crippen LogP contribution in [0.5, 0.6) is 0 Å². The molecule has 0 bridgehead atoms. The lowest BCUT2D eigenvalue weighted by Crippen LogP contribution is -2.25. The summed E-state index contributed by atoms with van der Waals surface area (Å²) in [5.74, 6) is 0. The Balaban J connectivity index is 1.82. The number of hydrogen-bond donors (Lipinski definition) is 2. The van der Waals surface area contributed by atoms with E-state index >= 15 is 0 Å². The molecule has 1 aliphatic rings. The van der Waals surface area contributed by atoms with Crippen LogP contribution in [0.1, 0.15) is 30.5 Å². The number of halogens is 1. The van der Waals surface area contributed by atoms with Gasteiger partial charge in [-0.3, -0.25) is 4.90 Å². The van der Waals surface area contributed by atoms with E-state index in [0.717, 1.165) is 49.4 Å². The monoisotopic (exact) mass is 292 g/mol. The van der Waals surface area contributed by atoms with Crippen molar-refractivity contribution < 1.29 is 5.11 Å². The number of rotatable bonds is 2. The quantitative estimate of drug-likeness (QED) is 0.889. The summed E-state index contributed by atoms with van der Waals surface area (Å²) < 4.78 is 0. The predicted octanol–water partition coefficient (Wildman–Crippen LogP) is 3.48. The highest BCUT2D eigenvalue weighted by Gasteiger charge is 2.17. The molecule has 1 aliphatic heterocycles. The minimum atomic E-state index is -0.123. The number of aliphatic hydroxyl groups is 1. The average molecular weight is 293 g/mol. The summed E-state index contributed by atoms with van der Waals surface area (Å²) in [4.78, 5) is 5.93. The maximum atomic E-state index is 9.72. The minimum Gasteiger partial charge on any atom is -0.393 e. The van der Waals surface area contributed by atoms with Gasteiger partial charge in [0.25, 0.3) is 0 Å². The predicted molar refractivity (Wildman–Crippen MR) is 83.2 cm³/mol. The molecular weight excluding hydrogens is 272 g/mol. The third kappa shape index (κ3) is 2.85. The highest BCUT2D eigenvalue weighted by atomic mass is 35.5. The first-order chi connectivity index (χ1) is 9.63. The second-order valence-electron chi connectivity index (χ2n) is 5.78. The lowest BCUT2D eigenvalue weighted by molar-refractivity contribution is 0.154. The van der Waals surface area contributed by atoms with Crippen LogP contribution >= 0.6 is 11.6 Å². The fourth-order valence-corrected chi connectivity index (χ4v) is 3.20. The Morgan fingerprint density at radius 1 is 1.35 bits per heavy atom. The summed E-state index contributed by atoms with van der Waals surface area (Å²) in [6.45, 7) is 5.10. The lowest BCUT2D eigenvalue weighted by atomic mass is 10.1. The zero-order valence-corrected chi connectivity index (χ0v) is 12.6. The Hall–Kier alpha value is -1.03. The molecule has 1 unspecified atom stereocenters. The first-order valence-electron chi connectivity index (χ1n) is 7.30. The fourth-order valence-electron chi connectivity index (χ4n) is 3.03. The van der Waals surface area contributed by atoms with Crippen molar-refractivity contribution in [3.63, 3.8) is 0 Å². The molecule has 1 aromatic carbocycles. The number of likely N-dealkylation sites (tertiary alicyclic amines) is 1. The molecule has 2 aromatic rings. The van der Waals surface area contributed by atoms with Gasteiger partial charge in [-0.1, -0.05) is 11.6 Å². The van der Waals surface area contributed by atoms with E-state index in [4.69, 9.17) is 11.6 Å². The second-order valence-corrected chi connectivity index (χ2v) is 6.22. The van der Waals surface area contributed by atoms with Gasteiger partial charge in [0.15, 0.2) is 0 Å². The van der Waals surface area contributed by atoms with Crippen molar-refractivity contribution in [2.75, 3.05) is 13.1 Å². The van der Waals surface area contributed by atoms with E-state index < -0.39 is 0 Å². The number of nitrogens with zero attached hydrogens (tertiary/aromatic N) is 1. The molecule has 0 amide bonds. The molecule has 1 saturated heterocycles. The molecule has 4 heteroatoms. The highest BCUT2D eigenvalue weighted by Crippen LogP contribution is 2.26. The first-order valence-corrected chi connectivity index (χ1v) is 7.68. The first kappa shape index (κ1) is 13.9. The van der Waals surface area contributed by atoms with Gasteiger partial charge in [0.05, 0.1) is 6.10 Å². The van der Waals surface area contributed by atoms with Crippen LogP contribution in [0.4, 0.5) is 0 Å². The van der Waals surface area contributed by atoms with E-state index in [9.17, 15) is 5.11 Å². The maximum Gasteiger partial charge on any atom is 0.0553 e. The lowest BCUT2D eigenvalue weighted by Gasteiger charge is -2.19. The third-order valence-corrected chi connectivity index (χ3v) is 4.53. The molecule has 20 heavy (non-hydrogen) atoms. The van der Waals surface area contributed by atoms with Gasteiger partial charge in [-0.2, -0.15) is 0 Å². The van der Waals surface area contributed by atoms with E-state index in [0.29, 0.717) is 0 Å². The van der Waals surface area contributed by atoms with Crippen LogP contribution < -0.4 is 0 Å². The van der Waals surface area contributed by atoms with Crippen LogP contribution in [0.15, 0.2) is 18.2 Å². The Labute approximate surface area is 124 Å². The summed E-state index contributed by atoms with van der Waals surface area (Å²) >= 11 is 6.08. The molecule has 0 radical (unpaired) electrons. The number of hydrogen-bond acceptors (Lipinski definition) is 2. The molecule has 2 N–H and O–H groups in total. The average Bonchev–Trinajstić information content (AvgIpc) is 2.60. The summed E-state index contributed by atoms with van der Waals surface area (Å²) in [5, 5.41) is 11.7. The van der Waals surface area contributed by atoms with Gasteiger partial charge in [-0.15, -0.1) is 0 Å². The largest absolute Gasteiger partial charge is 0.393 e. The van der Waals surface area contributed by atoms with Crippen molar-refractivity contribution in [2.45, 2.75) is 38.8 Å². The number of H-pyrrole nitrogens is 1. The topological polar surface area (TPSA) is 39.3 Å². The summed E-state index contributed by atoms with van der Waals surface area (Å²) in [5.41, 5.74) is 3.70. The smallest absolute Gasteiger partial charge is 0.0553 e. The number of aromatic nitrogens is 1. The Bertz CT molecular complexity index is 608. The van der Waals surface area contributed by atoms with Crippen LogP contribution in [-0.2, 0) is 6.54 Å². The SMILES string of the molecule is Cc1c(CN2CCCC(O)CC2)[nH]c2ccc(Cl)cc12. The number of nitrogens with one attached hydrogen (secondary N) is 1. The van der Waals surface area contributed by atoms with Crippen LogP contribution in [0.3, 0.4) is 0 Å². The molecule has 0 aliphatic carbocycles. The number of aromatic amines is 1. The molecule has 2 heterocycles. The van der Waals surface area contributed by atoms with Crippen molar-refractivity contribution in [3.05, 3.63) is 34.5 Å². The van der Waals surface area contributed by atoms with Crippen LogP contribution in [0, 0.1) is 6.92 Å². The summed E-state index contributed by atoms with van der Waals surface area (Å²) in [6.07, 6.45) is 2.76. The number of aryl methyl sites for hydroxylation is 1. The van der Waals surface area contributed by atoms with E-state index in [1.165, 1.54) is 16.6 Å². The molecular formula is C16H21ClN2O. The van der Waals surface area contributed by atoms with E-state index in [2.05, 4.69) is 16.8 Å². The molecule has 108 valence electrons. The molecule has 3 nitrogen and oxygen atoms in total. The normalized spacial score (nSPS) is 21.2. The van der Waals surface area contributed by atoms with Gasteiger partial charge < -0.3 is 10.1 Å². The molecule has 1 atom stereocenters. The van der Waals surface area contributed by atoms with Crippen molar-refractivity contribution >= 4 is 22.5 Å². The van der Waals surface area contributed by atoms with E-state index in [1.807, 2.05) is 18.2 Å². The Morgan fingerprint density at radius 2 is 2.20 bits per heavy atom. The minimum absolute atomic E-state index is 0.123. The Kier molecular flexibility index (Phi) is 4.01. The van der Waals surface area contributed by atoms with Crippen molar-refractivity contribution in [1.29, 1.82) is 0 Å². The fraction of sp³-hybridized carbons (Fsp3) is 0.500. The summed E-state index contributed by atoms with van der Waals surface area (Å²) in [7, 11) is 0. The maximum absolute atomic E-state index is 9.72. The van der Waals surface area contributed by atoms with Gasteiger partial charge in [0, 0.05) is 34.7 Å². The molecule has 1 aromatic heterocycles. The van der Waals surface area contributed by atoms with Crippen LogP contribution in [0.25, 0.3) is 10.9 Å². The van der Waals surface area contributed by atoms with Gasteiger partial charge in [-0.25, -0.2) is 0 Å². The highest BCUT2D eigenvalue weighted by molar-refractivity contribution is 6.31. The van der Waals surface area contributed by atoms with Gasteiger partial charge >= 0.3 is 0 Å². The zero-order chi connectivity index (χ0) is 14.1. The summed E-state index contributed by atoms with van der Waals surface area (Å²) in [6, 6.07) is 5.99. The molecule has 0 saturated carbocycles. The van der Waals surface area contributed by atoms with Gasteiger partial charge in [-0.05, 0) is 56.5 Å². The van der Waals surface area contributed by atoms with E-state index in [1.54, 1.807) is 0 Å². The van der Waals surface area contributed by atoms with E-state index in [-0.39, 0.29) is 6.10 Å². The Morgan fingerprint density at radius 3 is 3.05 bits per heavy atom. The van der Waals surface area contributed by atoms with Crippen LogP contribution in [-0.4, -0.2) is 34.2 Å².